The summed E-state index contributed by atoms with van der Waals surface area (Å²) in [6.07, 6.45) is 3.50. The van der Waals surface area contributed by atoms with Gasteiger partial charge in [-0.05, 0) is 31.4 Å². The van der Waals surface area contributed by atoms with E-state index in [4.69, 9.17) is 10.5 Å². The molecule has 0 spiro atoms. The van der Waals surface area contributed by atoms with Crippen molar-refractivity contribution < 1.29 is 4.74 Å². The van der Waals surface area contributed by atoms with Gasteiger partial charge in [0.25, 0.3) is 0 Å². The molecule has 90 valence electrons. The summed E-state index contributed by atoms with van der Waals surface area (Å²) >= 11 is 1.71. The molecule has 1 heterocycles. The zero-order valence-corrected chi connectivity index (χ0v) is 10.5. The molecule has 0 aliphatic heterocycles. The number of thiazole rings is 1. The van der Waals surface area contributed by atoms with Crippen LogP contribution in [0.1, 0.15) is 24.3 Å². The van der Waals surface area contributed by atoms with E-state index >= 15 is 0 Å². The van der Waals surface area contributed by atoms with Crippen molar-refractivity contribution >= 4 is 21.6 Å². The number of nitrogens with zero attached hydrogens (tertiary/aromatic N) is 1. The minimum Gasteiger partial charge on any atom is -0.371 e. The van der Waals surface area contributed by atoms with Crippen molar-refractivity contribution in [3.05, 3.63) is 29.3 Å². The molecule has 2 atom stereocenters. The molecule has 4 heteroatoms. The van der Waals surface area contributed by atoms with Crippen molar-refractivity contribution in [1.29, 1.82) is 0 Å². The molecule has 0 radical (unpaired) electrons. The largest absolute Gasteiger partial charge is 0.371 e. The van der Waals surface area contributed by atoms with Gasteiger partial charge in [0.2, 0.25) is 0 Å². The van der Waals surface area contributed by atoms with E-state index in [1.807, 2.05) is 18.2 Å². The first-order valence-corrected chi connectivity index (χ1v) is 6.84. The lowest BCUT2D eigenvalue weighted by Gasteiger charge is -2.09. The smallest absolute Gasteiger partial charge is 0.120 e. The fourth-order valence-corrected chi connectivity index (χ4v) is 3.19. The molecule has 2 N–H and O–H groups in total. The quantitative estimate of drug-likeness (QED) is 0.908. The van der Waals surface area contributed by atoms with Crippen molar-refractivity contribution in [3.63, 3.8) is 0 Å². The van der Waals surface area contributed by atoms with E-state index in [2.05, 4.69) is 11.1 Å². The van der Waals surface area contributed by atoms with Crippen molar-refractivity contribution in [2.24, 2.45) is 5.73 Å². The first-order chi connectivity index (χ1) is 8.31. The van der Waals surface area contributed by atoms with Crippen molar-refractivity contribution in [3.8, 4) is 0 Å². The lowest BCUT2D eigenvalue weighted by molar-refractivity contribution is 0.0448. The van der Waals surface area contributed by atoms with Crippen molar-refractivity contribution in [1.82, 2.24) is 4.98 Å². The standard InChI is InChI=1S/C13H16N2OS/c14-9-5-6-10(7-9)16-8-13-15-11-3-1-2-4-12(11)17-13/h1-4,9-10H,5-8,14H2. The van der Waals surface area contributed by atoms with Crippen LogP contribution in [0.15, 0.2) is 24.3 Å². The van der Waals surface area contributed by atoms with Crippen LogP contribution in [0.25, 0.3) is 10.2 Å². The maximum atomic E-state index is 5.86. The molecule has 1 aliphatic rings. The Bertz CT molecular complexity index is 478. The zero-order chi connectivity index (χ0) is 11.7. The first-order valence-electron chi connectivity index (χ1n) is 6.03. The molecule has 0 bridgehead atoms. The summed E-state index contributed by atoms with van der Waals surface area (Å²) in [4.78, 5) is 4.55. The van der Waals surface area contributed by atoms with Gasteiger partial charge in [0, 0.05) is 6.04 Å². The predicted octanol–water partition coefficient (Wildman–Crippen LogP) is 2.69. The Hall–Kier alpha value is -0.970. The second-order valence-corrected chi connectivity index (χ2v) is 5.70. The number of para-hydroxylation sites is 1. The summed E-state index contributed by atoms with van der Waals surface area (Å²) in [5, 5.41) is 1.06. The highest BCUT2D eigenvalue weighted by Gasteiger charge is 2.22. The molecular formula is C13H16N2OS. The normalized spacial score (nSPS) is 24.5. The maximum absolute atomic E-state index is 5.86. The summed E-state index contributed by atoms with van der Waals surface area (Å²) < 4.78 is 7.09. The minimum absolute atomic E-state index is 0.329. The van der Waals surface area contributed by atoms with Crippen molar-refractivity contribution in [2.45, 2.75) is 38.0 Å². The topological polar surface area (TPSA) is 48.1 Å². The monoisotopic (exact) mass is 248 g/mol. The highest BCUT2D eigenvalue weighted by Crippen LogP contribution is 2.25. The number of fused-ring (bicyclic) bond motifs is 1. The van der Waals surface area contributed by atoms with Gasteiger partial charge in [-0.15, -0.1) is 11.3 Å². The van der Waals surface area contributed by atoms with Gasteiger partial charge in [-0.25, -0.2) is 4.98 Å². The van der Waals surface area contributed by atoms with E-state index in [1.165, 1.54) is 4.70 Å². The van der Waals surface area contributed by atoms with Crippen LogP contribution < -0.4 is 5.73 Å². The Kier molecular flexibility index (Phi) is 3.09. The molecule has 2 unspecified atom stereocenters. The number of nitrogens with two attached hydrogens (primary N) is 1. The van der Waals surface area contributed by atoms with E-state index in [0.29, 0.717) is 18.8 Å². The Morgan fingerprint density at radius 2 is 2.24 bits per heavy atom. The highest BCUT2D eigenvalue weighted by molar-refractivity contribution is 7.18. The van der Waals surface area contributed by atoms with E-state index in [9.17, 15) is 0 Å². The summed E-state index contributed by atoms with van der Waals surface area (Å²) in [5.41, 5.74) is 6.93. The van der Waals surface area contributed by atoms with Crippen LogP contribution in [-0.2, 0) is 11.3 Å². The van der Waals surface area contributed by atoms with Crippen LogP contribution in [-0.4, -0.2) is 17.1 Å². The third-order valence-corrected chi connectivity index (χ3v) is 4.22. The summed E-state index contributed by atoms with van der Waals surface area (Å²) in [5.74, 6) is 0. The third-order valence-electron chi connectivity index (χ3n) is 3.21. The minimum atomic E-state index is 0.329. The Morgan fingerprint density at radius 3 is 3.00 bits per heavy atom. The van der Waals surface area contributed by atoms with Crippen LogP contribution in [0.4, 0.5) is 0 Å². The molecule has 1 aromatic heterocycles. The lowest BCUT2D eigenvalue weighted by Crippen LogP contribution is -2.17. The predicted molar refractivity (Wildman–Crippen MR) is 70.0 cm³/mol. The number of ether oxygens (including phenoxy) is 1. The van der Waals surface area contributed by atoms with Gasteiger partial charge >= 0.3 is 0 Å². The molecule has 2 aromatic rings. The van der Waals surface area contributed by atoms with E-state index in [1.54, 1.807) is 11.3 Å². The molecule has 1 fully saturated rings. The molecule has 3 rings (SSSR count). The number of hydrogen-bond donors (Lipinski definition) is 1. The number of hydrogen-bond acceptors (Lipinski definition) is 4. The third kappa shape index (κ3) is 2.49. The second-order valence-electron chi connectivity index (χ2n) is 4.58. The summed E-state index contributed by atoms with van der Waals surface area (Å²) in [7, 11) is 0. The van der Waals surface area contributed by atoms with Crippen molar-refractivity contribution in [2.75, 3.05) is 0 Å². The number of aromatic nitrogens is 1. The molecule has 1 saturated carbocycles. The molecule has 3 nitrogen and oxygen atoms in total. The van der Waals surface area contributed by atoms with Crippen LogP contribution >= 0.6 is 11.3 Å². The zero-order valence-electron chi connectivity index (χ0n) is 9.63. The molecule has 1 aromatic carbocycles. The van der Waals surface area contributed by atoms with E-state index < -0.39 is 0 Å². The highest BCUT2D eigenvalue weighted by atomic mass is 32.1. The average molecular weight is 248 g/mol. The Balaban J connectivity index is 1.65. The maximum Gasteiger partial charge on any atom is 0.120 e. The lowest BCUT2D eigenvalue weighted by atomic mass is 10.3. The van der Waals surface area contributed by atoms with E-state index in [0.717, 1.165) is 29.8 Å². The number of rotatable bonds is 3. The van der Waals surface area contributed by atoms with Gasteiger partial charge in [0.15, 0.2) is 0 Å². The Labute approximate surface area is 105 Å². The average Bonchev–Trinajstić information content (AvgIpc) is 2.91. The number of benzene rings is 1. The molecule has 0 saturated heterocycles. The summed E-state index contributed by atoms with van der Waals surface area (Å²) in [6, 6.07) is 8.53. The van der Waals surface area contributed by atoms with Crippen LogP contribution in [0.2, 0.25) is 0 Å². The van der Waals surface area contributed by atoms with Gasteiger partial charge in [-0.2, -0.15) is 0 Å². The van der Waals surface area contributed by atoms with Gasteiger partial charge in [0.05, 0.1) is 22.9 Å². The fraction of sp³-hybridized carbons (Fsp3) is 0.462. The molecular weight excluding hydrogens is 232 g/mol. The molecule has 1 aliphatic carbocycles. The first kappa shape index (κ1) is 11.1. The van der Waals surface area contributed by atoms with Gasteiger partial charge in [-0.3, -0.25) is 0 Å². The van der Waals surface area contributed by atoms with E-state index in [-0.39, 0.29) is 0 Å². The summed E-state index contributed by atoms with van der Waals surface area (Å²) in [6.45, 7) is 0.622. The van der Waals surface area contributed by atoms with Gasteiger partial charge < -0.3 is 10.5 Å². The van der Waals surface area contributed by atoms with Gasteiger partial charge in [0.1, 0.15) is 5.01 Å². The SMILES string of the molecule is NC1CCC(OCc2nc3ccccc3s2)C1. The second kappa shape index (κ2) is 4.72. The fourth-order valence-electron chi connectivity index (χ4n) is 2.30. The molecule has 0 amide bonds. The van der Waals surface area contributed by atoms with Gasteiger partial charge in [-0.1, -0.05) is 12.1 Å². The Morgan fingerprint density at radius 1 is 1.35 bits per heavy atom. The van der Waals surface area contributed by atoms with Crippen LogP contribution in [0.5, 0.6) is 0 Å². The van der Waals surface area contributed by atoms with Crippen LogP contribution in [0, 0.1) is 0 Å². The molecule has 17 heavy (non-hydrogen) atoms. The van der Waals surface area contributed by atoms with Crippen LogP contribution in [0.3, 0.4) is 0 Å².